The van der Waals surface area contributed by atoms with E-state index in [1.807, 2.05) is 32.0 Å². The maximum absolute atomic E-state index is 12.9. The van der Waals surface area contributed by atoms with Gasteiger partial charge in [-0.05, 0) is 33.2 Å². The number of hydrogen-bond donors (Lipinski definition) is 0. The second-order valence-electron chi connectivity index (χ2n) is 6.86. The van der Waals surface area contributed by atoms with E-state index in [-0.39, 0.29) is 23.4 Å². The van der Waals surface area contributed by atoms with Gasteiger partial charge in [-0.25, -0.2) is 0 Å². The molecule has 0 saturated heterocycles. The molecule has 0 radical (unpaired) electrons. The molecule has 0 amide bonds. The van der Waals surface area contributed by atoms with Gasteiger partial charge in [-0.15, -0.1) is 0 Å². The van der Waals surface area contributed by atoms with Crippen molar-refractivity contribution in [3.63, 3.8) is 0 Å². The van der Waals surface area contributed by atoms with Crippen LogP contribution < -0.4 is 4.74 Å². The number of carbonyl (C=O) groups excluding carboxylic acids is 2. The quantitative estimate of drug-likeness (QED) is 0.564. The highest BCUT2D eigenvalue weighted by Gasteiger charge is 2.34. The van der Waals surface area contributed by atoms with Gasteiger partial charge in [0.1, 0.15) is 17.4 Å². The third kappa shape index (κ3) is 2.61. The summed E-state index contributed by atoms with van der Waals surface area (Å²) in [5.74, 6) is 0.330. The lowest BCUT2D eigenvalue weighted by atomic mass is 9.87. The van der Waals surface area contributed by atoms with Crippen LogP contribution in [0.1, 0.15) is 39.0 Å². The fourth-order valence-electron chi connectivity index (χ4n) is 3.46. The van der Waals surface area contributed by atoms with Gasteiger partial charge in [-0.2, -0.15) is 0 Å². The fraction of sp³-hybridized carbons (Fsp3) is 0.238. The van der Waals surface area contributed by atoms with Crippen LogP contribution in [-0.2, 0) is 0 Å². The molecule has 0 N–H and O–H groups in total. The second kappa shape index (κ2) is 6.11. The predicted octanol–water partition coefficient (Wildman–Crippen LogP) is 3.54. The molecule has 1 aliphatic rings. The molecule has 4 rings (SSSR count). The van der Waals surface area contributed by atoms with Gasteiger partial charge >= 0.3 is 0 Å². The normalized spacial score (nSPS) is 14.5. The Hall–Kier alpha value is -2.92. The Bertz CT molecular complexity index is 1030. The molecule has 26 heavy (non-hydrogen) atoms. The zero-order valence-electron chi connectivity index (χ0n) is 14.9. The number of carbonyl (C=O) groups is 2. The van der Waals surface area contributed by atoms with Gasteiger partial charge in [-0.3, -0.25) is 9.59 Å². The number of hydrogen-bond acceptors (Lipinski definition) is 5. The molecule has 0 aliphatic heterocycles. The molecule has 1 unspecified atom stereocenters. The first-order valence-electron chi connectivity index (χ1n) is 8.52. The van der Waals surface area contributed by atoms with Crippen LogP contribution in [0.5, 0.6) is 5.75 Å². The van der Waals surface area contributed by atoms with Gasteiger partial charge in [-0.1, -0.05) is 24.3 Å². The number of rotatable bonds is 4. The van der Waals surface area contributed by atoms with E-state index in [1.54, 1.807) is 36.4 Å². The van der Waals surface area contributed by atoms with Crippen LogP contribution in [0.15, 0.2) is 46.9 Å². The smallest absolute Gasteiger partial charge is 0.229 e. The summed E-state index contributed by atoms with van der Waals surface area (Å²) in [5, 5.41) is 0.639. The Kier molecular flexibility index (Phi) is 3.89. The summed E-state index contributed by atoms with van der Waals surface area (Å²) in [6.07, 6.45) is -0.000412. The van der Waals surface area contributed by atoms with Crippen molar-refractivity contribution in [2.24, 2.45) is 0 Å². The van der Waals surface area contributed by atoms with Crippen molar-refractivity contribution < 1.29 is 18.7 Å². The summed E-state index contributed by atoms with van der Waals surface area (Å²) in [7, 11) is 3.97. The van der Waals surface area contributed by atoms with Crippen LogP contribution in [0.2, 0.25) is 0 Å². The maximum atomic E-state index is 12.9. The predicted molar refractivity (Wildman–Crippen MR) is 98.2 cm³/mol. The first-order chi connectivity index (χ1) is 12.5. The molecule has 1 atom stereocenters. The van der Waals surface area contributed by atoms with E-state index in [4.69, 9.17) is 9.15 Å². The van der Waals surface area contributed by atoms with Crippen molar-refractivity contribution in [1.29, 1.82) is 0 Å². The number of ether oxygens (including phenoxy) is 1. The van der Waals surface area contributed by atoms with Crippen molar-refractivity contribution in [2.75, 3.05) is 20.6 Å². The lowest BCUT2D eigenvalue weighted by Crippen LogP contribution is -2.27. The molecule has 1 aromatic heterocycles. The highest BCUT2D eigenvalue weighted by atomic mass is 16.5. The summed E-state index contributed by atoms with van der Waals surface area (Å²) in [5.41, 5.74) is 1.64. The minimum atomic E-state index is -0.255. The van der Waals surface area contributed by atoms with E-state index < -0.39 is 0 Å². The van der Waals surface area contributed by atoms with Gasteiger partial charge in [0.2, 0.25) is 5.78 Å². The van der Waals surface area contributed by atoms with E-state index in [0.717, 1.165) is 6.54 Å². The highest BCUT2D eigenvalue weighted by molar-refractivity contribution is 6.31. The van der Waals surface area contributed by atoms with Crippen LogP contribution in [0, 0.1) is 0 Å². The molecule has 1 aliphatic carbocycles. The largest absolute Gasteiger partial charge is 0.489 e. The third-order valence-corrected chi connectivity index (χ3v) is 4.47. The van der Waals surface area contributed by atoms with Crippen LogP contribution >= 0.6 is 0 Å². The number of likely N-dealkylation sites (N-methyl/N-ethyl adjacent to an activating group) is 1. The van der Waals surface area contributed by atoms with E-state index in [2.05, 4.69) is 0 Å². The Labute approximate surface area is 151 Å². The number of ketones is 2. The number of benzene rings is 2. The third-order valence-electron chi connectivity index (χ3n) is 4.47. The zero-order valence-corrected chi connectivity index (χ0v) is 14.9. The SMILES string of the molecule is CC(CN(C)C)Oc1ccc2c3c(oc2c1)C(=O)c1ccccc1C3=O. The Morgan fingerprint density at radius 2 is 1.73 bits per heavy atom. The van der Waals surface area contributed by atoms with Crippen LogP contribution in [0.3, 0.4) is 0 Å². The van der Waals surface area contributed by atoms with E-state index >= 15 is 0 Å². The van der Waals surface area contributed by atoms with Gasteiger partial charge < -0.3 is 14.1 Å². The van der Waals surface area contributed by atoms with Crippen LogP contribution in [-0.4, -0.2) is 43.2 Å². The fourth-order valence-corrected chi connectivity index (χ4v) is 3.46. The Balaban J connectivity index is 1.76. The number of nitrogens with zero attached hydrogens (tertiary/aromatic N) is 1. The molecule has 0 fully saturated rings. The van der Waals surface area contributed by atoms with Crippen molar-refractivity contribution in [3.8, 4) is 5.75 Å². The lowest BCUT2D eigenvalue weighted by molar-refractivity contribution is 0.0962. The zero-order chi connectivity index (χ0) is 18.4. The molecule has 1 heterocycles. The first-order valence-corrected chi connectivity index (χ1v) is 8.52. The Morgan fingerprint density at radius 3 is 2.42 bits per heavy atom. The molecule has 2 aromatic carbocycles. The van der Waals surface area contributed by atoms with E-state index in [9.17, 15) is 9.59 Å². The Morgan fingerprint density at radius 1 is 1.04 bits per heavy atom. The summed E-state index contributed by atoms with van der Waals surface area (Å²) in [6.45, 7) is 2.76. The van der Waals surface area contributed by atoms with Crippen molar-refractivity contribution in [1.82, 2.24) is 4.90 Å². The molecular formula is C21H19NO4. The summed E-state index contributed by atoms with van der Waals surface area (Å²) in [4.78, 5) is 27.6. The maximum Gasteiger partial charge on any atom is 0.229 e. The molecule has 132 valence electrons. The second-order valence-corrected chi connectivity index (χ2v) is 6.86. The van der Waals surface area contributed by atoms with Crippen molar-refractivity contribution in [2.45, 2.75) is 13.0 Å². The molecule has 0 bridgehead atoms. The molecular weight excluding hydrogens is 330 g/mol. The lowest BCUT2D eigenvalue weighted by Gasteiger charge is -2.18. The topological polar surface area (TPSA) is 59.8 Å². The first kappa shape index (κ1) is 16.5. The summed E-state index contributed by atoms with van der Waals surface area (Å²) >= 11 is 0. The van der Waals surface area contributed by atoms with Crippen LogP contribution in [0.4, 0.5) is 0 Å². The number of fused-ring (bicyclic) bond motifs is 4. The molecule has 0 spiro atoms. The average molecular weight is 349 g/mol. The molecule has 5 heteroatoms. The van der Waals surface area contributed by atoms with Gasteiger partial charge in [0.15, 0.2) is 11.5 Å². The molecule has 3 aromatic rings. The van der Waals surface area contributed by atoms with E-state index in [1.165, 1.54) is 0 Å². The molecule has 0 saturated carbocycles. The van der Waals surface area contributed by atoms with E-state index in [0.29, 0.717) is 33.4 Å². The molecule has 5 nitrogen and oxygen atoms in total. The van der Waals surface area contributed by atoms with Gasteiger partial charge in [0.25, 0.3) is 0 Å². The van der Waals surface area contributed by atoms with Crippen LogP contribution in [0.25, 0.3) is 11.0 Å². The van der Waals surface area contributed by atoms with Crippen molar-refractivity contribution in [3.05, 3.63) is 64.9 Å². The highest BCUT2D eigenvalue weighted by Crippen LogP contribution is 2.36. The number of furan rings is 1. The van der Waals surface area contributed by atoms with Gasteiger partial charge in [0.05, 0.1) is 5.56 Å². The monoisotopic (exact) mass is 349 g/mol. The average Bonchev–Trinajstić information content (AvgIpc) is 2.98. The minimum Gasteiger partial charge on any atom is -0.489 e. The summed E-state index contributed by atoms with van der Waals surface area (Å²) < 4.78 is 11.7. The summed E-state index contributed by atoms with van der Waals surface area (Å²) in [6, 6.07) is 12.2. The van der Waals surface area contributed by atoms with Crippen molar-refractivity contribution >= 4 is 22.5 Å². The van der Waals surface area contributed by atoms with Gasteiger partial charge in [0, 0.05) is 29.1 Å². The standard InChI is InChI=1S/C21H19NO4/c1-12(11-22(2)3)25-13-8-9-16-17(10-13)26-21-18(16)19(23)14-6-4-5-7-15(14)20(21)24/h4-10,12H,11H2,1-3H3. The minimum absolute atomic E-state index is 0.000412.